The van der Waals surface area contributed by atoms with Crippen molar-refractivity contribution >= 4 is 59.2 Å². The van der Waals surface area contributed by atoms with E-state index in [1.54, 1.807) is 18.2 Å². The summed E-state index contributed by atoms with van der Waals surface area (Å²) in [5, 5.41) is 0.489. The van der Waals surface area contributed by atoms with Crippen LogP contribution in [0.3, 0.4) is 0 Å². The maximum Gasteiger partial charge on any atom is 0.266 e. The number of anilines is 1. The van der Waals surface area contributed by atoms with E-state index in [0.717, 1.165) is 0 Å². The van der Waals surface area contributed by atoms with E-state index in [1.165, 1.54) is 6.07 Å². The first-order valence-corrected chi connectivity index (χ1v) is 8.74. The molecule has 0 saturated heterocycles. The van der Waals surface area contributed by atoms with Crippen molar-refractivity contribution in [2.24, 2.45) is 5.73 Å². The maximum absolute atomic E-state index is 12.3. The zero-order chi connectivity index (χ0) is 14.9. The molecule has 0 bridgehead atoms. The standard InChI is InChI=1S/C11H9Br2ClN2O3S/c12-8-3-6(1-2-9(8)14)16-20(17,18)10-4-7(5-15)19-11(10)13/h1-4,16H,5,15H2. The van der Waals surface area contributed by atoms with Crippen LogP contribution in [0, 0.1) is 0 Å². The minimum absolute atomic E-state index is 0.0102. The highest BCUT2D eigenvalue weighted by molar-refractivity contribution is 9.10. The van der Waals surface area contributed by atoms with Crippen molar-refractivity contribution in [3.05, 3.63) is 44.2 Å². The molecule has 1 heterocycles. The van der Waals surface area contributed by atoms with Gasteiger partial charge >= 0.3 is 0 Å². The molecule has 0 aliphatic heterocycles. The molecule has 0 fully saturated rings. The van der Waals surface area contributed by atoms with Crippen LogP contribution in [0.4, 0.5) is 5.69 Å². The highest BCUT2D eigenvalue weighted by atomic mass is 79.9. The molecule has 2 rings (SSSR count). The number of hydrogen-bond donors (Lipinski definition) is 2. The second-order valence-corrected chi connectivity index (χ2v) is 7.42. The summed E-state index contributed by atoms with van der Waals surface area (Å²) in [7, 11) is -3.77. The lowest BCUT2D eigenvalue weighted by molar-refractivity contribution is 0.484. The van der Waals surface area contributed by atoms with Gasteiger partial charge in [0.15, 0.2) is 4.67 Å². The van der Waals surface area contributed by atoms with E-state index in [0.29, 0.717) is 20.9 Å². The summed E-state index contributed by atoms with van der Waals surface area (Å²) < 4.78 is 32.8. The minimum atomic E-state index is -3.77. The molecule has 0 aliphatic carbocycles. The van der Waals surface area contributed by atoms with Crippen LogP contribution in [-0.4, -0.2) is 8.42 Å². The molecule has 0 atom stereocenters. The maximum atomic E-state index is 12.3. The molecule has 0 radical (unpaired) electrons. The Kier molecular flexibility index (Phi) is 4.80. The van der Waals surface area contributed by atoms with Crippen molar-refractivity contribution in [3.8, 4) is 0 Å². The third-order valence-electron chi connectivity index (χ3n) is 2.37. The summed E-state index contributed by atoms with van der Waals surface area (Å²) in [4.78, 5) is -0.0102. The Balaban J connectivity index is 2.35. The summed E-state index contributed by atoms with van der Waals surface area (Å²) in [6.07, 6.45) is 0. The van der Waals surface area contributed by atoms with Crippen LogP contribution in [0.2, 0.25) is 5.02 Å². The Morgan fingerprint density at radius 1 is 1.30 bits per heavy atom. The average Bonchev–Trinajstić information content (AvgIpc) is 2.76. The molecule has 9 heteroatoms. The van der Waals surface area contributed by atoms with E-state index in [1.807, 2.05) is 0 Å². The van der Waals surface area contributed by atoms with Crippen LogP contribution in [-0.2, 0) is 16.6 Å². The summed E-state index contributed by atoms with van der Waals surface area (Å²) in [6.45, 7) is 0.112. The first-order chi connectivity index (χ1) is 9.33. The molecular weight excluding hydrogens is 435 g/mol. The number of furan rings is 1. The van der Waals surface area contributed by atoms with Crippen molar-refractivity contribution in [1.29, 1.82) is 0 Å². The second-order valence-electron chi connectivity index (χ2n) is 3.79. The van der Waals surface area contributed by atoms with E-state index in [4.69, 9.17) is 21.8 Å². The lowest BCUT2D eigenvalue weighted by Crippen LogP contribution is -2.12. The quantitative estimate of drug-likeness (QED) is 0.753. The van der Waals surface area contributed by atoms with Crippen LogP contribution < -0.4 is 10.5 Å². The number of sulfonamides is 1. The predicted molar refractivity (Wildman–Crippen MR) is 84.3 cm³/mol. The lowest BCUT2D eigenvalue weighted by atomic mass is 10.3. The van der Waals surface area contributed by atoms with Crippen molar-refractivity contribution in [2.75, 3.05) is 4.72 Å². The normalized spacial score (nSPS) is 11.6. The van der Waals surface area contributed by atoms with Gasteiger partial charge in [-0.05, 0) is 50.1 Å². The molecule has 3 N–H and O–H groups in total. The van der Waals surface area contributed by atoms with Gasteiger partial charge < -0.3 is 10.2 Å². The summed E-state index contributed by atoms with van der Waals surface area (Å²) in [5.41, 5.74) is 5.79. The molecule has 0 spiro atoms. The van der Waals surface area contributed by atoms with Gasteiger partial charge in [-0.2, -0.15) is 0 Å². The Morgan fingerprint density at radius 3 is 2.55 bits per heavy atom. The average molecular weight is 445 g/mol. The van der Waals surface area contributed by atoms with Gasteiger partial charge in [0.25, 0.3) is 10.0 Å². The lowest BCUT2D eigenvalue weighted by Gasteiger charge is -2.07. The smallest absolute Gasteiger partial charge is 0.266 e. The van der Waals surface area contributed by atoms with Crippen LogP contribution in [0.25, 0.3) is 0 Å². The molecule has 0 unspecified atom stereocenters. The van der Waals surface area contributed by atoms with Crippen LogP contribution >= 0.6 is 43.5 Å². The van der Waals surface area contributed by atoms with E-state index in [2.05, 4.69) is 36.6 Å². The second kappa shape index (κ2) is 6.07. The Labute approximate surface area is 137 Å². The number of halogens is 3. The van der Waals surface area contributed by atoms with E-state index in [9.17, 15) is 8.42 Å². The number of rotatable bonds is 4. The highest BCUT2D eigenvalue weighted by Crippen LogP contribution is 2.30. The van der Waals surface area contributed by atoms with Gasteiger partial charge in [-0.3, -0.25) is 4.72 Å². The third kappa shape index (κ3) is 3.37. The van der Waals surface area contributed by atoms with Gasteiger partial charge in [0.1, 0.15) is 10.7 Å². The Bertz CT molecular complexity index is 746. The topological polar surface area (TPSA) is 85.3 Å². The molecular formula is C11H9Br2ClN2O3S. The molecule has 5 nitrogen and oxygen atoms in total. The van der Waals surface area contributed by atoms with Crippen LogP contribution in [0.5, 0.6) is 0 Å². The fraction of sp³-hybridized carbons (Fsp3) is 0.0909. The molecule has 108 valence electrons. The van der Waals surface area contributed by atoms with Crippen molar-refractivity contribution < 1.29 is 12.8 Å². The number of benzene rings is 1. The Hall–Kier alpha value is -0.540. The zero-order valence-corrected chi connectivity index (χ0v) is 14.6. The van der Waals surface area contributed by atoms with Crippen molar-refractivity contribution in [1.82, 2.24) is 0 Å². The van der Waals surface area contributed by atoms with Crippen LogP contribution in [0.1, 0.15) is 5.76 Å². The first-order valence-electron chi connectivity index (χ1n) is 5.29. The van der Waals surface area contributed by atoms with Gasteiger partial charge in [0, 0.05) is 10.5 Å². The van der Waals surface area contributed by atoms with Crippen LogP contribution in [0.15, 0.2) is 42.7 Å². The largest absolute Gasteiger partial charge is 0.452 e. The summed E-state index contributed by atoms with van der Waals surface area (Å²) in [5.74, 6) is 0.370. The fourth-order valence-corrected chi connectivity index (χ4v) is 4.00. The fourth-order valence-electron chi connectivity index (χ4n) is 1.45. The monoisotopic (exact) mass is 442 g/mol. The van der Waals surface area contributed by atoms with Crippen molar-refractivity contribution in [3.63, 3.8) is 0 Å². The van der Waals surface area contributed by atoms with Crippen molar-refractivity contribution in [2.45, 2.75) is 11.4 Å². The molecule has 20 heavy (non-hydrogen) atoms. The SMILES string of the molecule is NCc1cc(S(=O)(=O)Nc2ccc(Cl)c(Br)c2)c(Br)o1. The van der Waals surface area contributed by atoms with E-state index in [-0.39, 0.29) is 16.1 Å². The molecule has 0 saturated carbocycles. The first kappa shape index (κ1) is 15.8. The van der Waals surface area contributed by atoms with Gasteiger partial charge in [-0.25, -0.2) is 8.42 Å². The predicted octanol–water partition coefficient (Wildman–Crippen LogP) is 3.72. The molecule has 1 aromatic carbocycles. The number of nitrogens with two attached hydrogens (primary N) is 1. The van der Waals surface area contributed by atoms with Gasteiger partial charge in [0.05, 0.1) is 17.3 Å². The van der Waals surface area contributed by atoms with Gasteiger partial charge in [-0.1, -0.05) is 11.6 Å². The summed E-state index contributed by atoms with van der Waals surface area (Å²) >= 11 is 12.1. The van der Waals surface area contributed by atoms with Gasteiger partial charge in [-0.15, -0.1) is 0 Å². The Morgan fingerprint density at radius 2 is 2.00 bits per heavy atom. The number of hydrogen-bond acceptors (Lipinski definition) is 4. The van der Waals surface area contributed by atoms with E-state index >= 15 is 0 Å². The third-order valence-corrected chi connectivity index (χ3v) is 5.82. The van der Waals surface area contributed by atoms with Gasteiger partial charge in [0.2, 0.25) is 0 Å². The molecule has 2 aromatic rings. The highest BCUT2D eigenvalue weighted by Gasteiger charge is 2.22. The minimum Gasteiger partial charge on any atom is -0.452 e. The number of nitrogens with one attached hydrogen (secondary N) is 1. The van der Waals surface area contributed by atoms with E-state index < -0.39 is 10.0 Å². The zero-order valence-electron chi connectivity index (χ0n) is 9.86. The molecule has 1 aromatic heterocycles. The molecule has 0 amide bonds. The summed E-state index contributed by atoms with van der Waals surface area (Å²) in [6, 6.07) is 6.08. The molecule has 0 aliphatic rings.